The summed E-state index contributed by atoms with van der Waals surface area (Å²) in [6.45, 7) is 4.93. The third-order valence-corrected chi connectivity index (χ3v) is 4.31. The summed E-state index contributed by atoms with van der Waals surface area (Å²) in [6.07, 6.45) is 4.69. The molecule has 0 saturated heterocycles. The molecule has 0 unspecified atom stereocenters. The molecule has 3 heteroatoms. The van der Waals surface area contributed by atoms with Gasteiger partial charge in [0.25, 0.3) is 5.91 Å². The molecule has 1 amide bonds. The molecule has 0 spiro atoms. The van der Waals surface area contributed by atoms with E-state index in [4.69, 9.17) is 4.74 Å². The highest BCUT2D eigenvalue weighted by Gasteiger charge is 2.13. The number of benzene rings is 2. The van der Waals surface area contributed by atoms with Crippen LogP contribution in [-0.2, 0) is 12.8 Å². The van der Waals surface area contributed by atoms with Crippen LogP contribution in [0.25, 0.3) is 0 Å². The smallest absolute Gasteiger partial charge is 0.255 e. The molecule has 126 valence electrons. The molecule has 0 radical (unpaired) electrons. The van der Waals surface area contributed by atoms with Gasteiger partial charge in [-0.15, -0.1) is 0 Å². The lowest BCUT2D eigenvalue weighted by Gasteiger charge is -2.16. The molecule has 3 nitrogen and oxygen atoms in total. The maximum Gasteiger partial charge on any atom is 0.255 e. The minimum atomic E-state index is -0.0563. The molecule has 1 N–H and O–H groups in total. The number of anilines is 1. The number of carbonyl (C=O) groups excluding carboxylic acids is 1. The van der Waals surface area contributed by atoms with Gasteiger partial charge in [0.2, 0.25) is 0 Å². The standard InChI is InChI=1S/C21H25NO2/c1-15(2)14-24-20-11-9-19(10-12-20)22-21(23)18-8-7-16-5-3-4-6-17(16)13-18/h7-13,15H,3-6,14H2,1-2H3,(H,22,23). The van der Waals surface area contributed by atoms with Crippen molar-refractivity contribution in [1.29, 1.82) is 0 Å². The number of nitrogens with one attached hydrogen (secondary N) is 1. The maximum atomic E-state index is 12.5. The van der Waals surface area contributed by atoms with Crippen LogP contribution in [0, 0.1) is 5.92 Å². The van der Waals surface area contributed by atoms with Gasteiger partial charge in [-0.05, 0) is 79.1 Å². The van der Waals surface area contributed by atoms with Crippen molar-refractivity contribution in [2.75, 3.05) is 11.9 Å². The van der Waals surface area contributed by atoms with Gasteiger partial charge in [-0.1, -0.05) is 19.9 Å². The van der Waals surface area contributed by atoms with E-state index in [1.807, 2.05) is 36.4 Å². The summed E-state index contributed by atoms with van der Waals surface area (Å²) in [4.78, 5) is 12.5. The van der Waals surface area contributed by atoms with Crippen molar-refractivity contribution in [2.45, 2.75) is 39.5 Å². The molecule has 0 aliphatic heterocycles. The highest BCUT2D eigenvalue weighted by Crippen LogP contribution is 2.23. The van der Waals surface area contributed by atoms with Gasteiger partial charge in [0.1, 0.15) is 5.75 Å². The molecule has 0 bridgehead atoms. The molecule has 3 rings (SSSR count). The predicted octanol–water partition coefficient (Wildman–Crippen LogP) is 4.85. The van der Waals surface area contributed by atoms with Crippen molar-refractivity contribution in [3.05, 3.63) is 59.2 Å². The Hall–Kier alpha value is -2.29. The molecule has 0 saturated carbocycles. The molecular formula is C21H25NO2. The van der Waals surface area contributed by atoms with Crippen LogP contribution < -0.4 is 10.1 Å². The first kappa shape index (κ1) is 16.6. The molecule has 0 fully saturated rings. The van der Waals surface area contributed by atoms with E-state index < -0.39 is 0 Å². The first-order valence-electron chi connectivity index (χ1n) is 8.78. The molecule has 24 heavy (non-hydrogen) atoms. The summed E-state index contributed by atoms with van der Waals surface area (Å²) in [7, 11) is 0. The number of hydrogen-bond donors (Lipinski definition) is 1. The second-order valence-electron chi connectivity index (χ2n) is 6.87. The fourth-order valence-electron chi connectivity index (χ4n) is 2.98. The molecule has 0 heterocycles. The lowest BCUT2D eigenvalue weighted by atomic mass is 9.90. The zero-order valence-electron chi connectivity index (χ0n) is 14.5. The zero-order chi connectivity index (χ0) is 16.9. The number of fused-ring (bicyclic) bond motifs is 1. The van der Waals surface area contributed by atoms with Gasteiger partial charge in [0, 0.05) is 11.3 Å². The van der Waals surface area contributed by atoms with Crippen molar-refractivity contribution in [3.63, 3.8) is 0 Å². The minimum Gasteiger partial charge on any atom is -0.493 e. The van der Waals surface area contributed by atoms with Gasteiger partial charge in [-0.3, -0.25) is 4.79 Å². The Morgan fingerprint density at radius 1 is 1.04 bits per heavy atom. The second-order valence-corrected chi connectivity index (χ2v) is 6.87. The van der Waals surface area contributed by atoms with Crippen molar-refractivity contribution >= 4 is 11.6 Å². The van der Waals surface area contributed by atoms with Crippen LogP contribution in [0.3, 0.4) is 0 Å². The number of hydrogen-bond acceptors (Lipinski definition) is 2. The second kappa shape index (κ2) is 7.52. The van der Waals surface area contributed by atoms with E-state index in [9.17, 15) is 4.79 Å². The van der Waals surface area contributed by atoms with E-state index in [0.29, 0.717) is 12.5 Å². The van der Waals surface area contributed by atoms with E-state index in [-0.39, 0.29) is 5.91 Å². The van der Waals surface area contributed by atoms with E-state index in [2.05, 4.69) is 25.2 Å². The maximum absolute atomic E-state index is 12.5. The monoisotopic (exact) mass is 323 g/mol. The summed E-state index contributed by atoms with van der Waals surface area (Å²) < 4.78 is 5.66. The molecular weight excluding hydrogens is 298 g/mol. The Balaban J connectivity index is 1.64. The van der Waals surface area contributed by atoms with E-state index in [1.165, 1.54) is 24.0 Å². The van der Waals surface area contributed by atoms with E-state index in [1.54, 1.807) is 0 Å². The Morgan fingerprint density at radius 3 is 2.46 bits per heavy atom. The first-order valence-corrected chi connectivity index (χ1v) is 8.78. The number of ether oxygens (including phenoxy) is 1. The number of rotatable bonds is 5. The van der Waals surface area contributed by atoms with Crippen LogP contribution >= 0.6 is 0 Å². The quantitative estimate of drug-likeness (QED) is 0.854. The van der Waals surface area contributed by atoms with Gasteiger partial charge in [-0.25, -0.2) is 0 Å². The van der Waals surface area contributed by atoms with Crippen LogP contribution in [0.1, 0.15) is 48.2 Å². The third kappa shape index (κ3) is 4.16. The van der Waals surface area contributed by atoms with Gasteiger partial charge in [-0.2, -0.15) is 0 Å². The van der Waals surface area contributed by atoms with Crippen molar-refractivity contribution in [2.24, 2.45) is 5.92 Å². The molecule has 2 aromatic carbocycles. The fraction of sp³-hybridized carbons (Fsp3) is 0.381. The predicted molar refractivity (Wildman–Crippen MR) is 97.8 cm³/mol. The van der Waals surface area contributed by atoms with Crippen LogP contribution in [0.5, 0.6) is 5.75 Å². The lowest BCUT2D eigenvalue weighted by molar-refractivity contribution is 0.102. The first-order chi connectivity index (χ1) is 11.6. The minimum absolute atomic E-state index is 0.0563. The topological polar surface area (TPSA) is 38.3 Å². The van der Waals surface area contributed by atoms with E-state index in [0.717, 1.165) is 29.8 Å². The Labute approximate surface area is 144 Å². The highest BCUT2D eigenvalue weighted by atomic mass is 16.5. The molecule has 1 aliphatic rings. The Kier molecular flexibility index (Phi) is 5.19. The van der Waals surface area contributed by atoms with Crippen LogP contribution in [-0.4, -0.2) is 12.5 Å². The summed E-state index contributed by atoms with van der Waals surface area (Å²) in [5.41, 5.74) is 4.24. The van der Waals surface area contributed by atoms with Crippen molar-refractivity contribution in [1.82, 2.24) is 0 Å². The molecule has 1 aliphatic carbocycles. The largest absolute Gasteiger partial charge is 0.493 e. The van der Waals surface area contributed by atoms with Crippen molar-refractivity contribution < 1.29 is 9.53 Å². The van der Waals surface area contributed by atoms with Crippen LogP contribution in [0.15, 0.2) is 42.5 Å². The number of aryl methyl sites for hydroxylation is 2. The highest BCUT2D eigenvalue weighted by molar-refractivity contribution is 6.04. The Morgan fingerprint density at radius 2 is 1.75 bits per heavy atom. The van der Waals surface area contributed by atoms with Crippen LogP contribution in [0.4, 0.5) is 5.69 Å². The number of carbonyl (C=O) groups is 1. The van der Waals surface area contributed by atoms with Gasteiger partial charge in [0.05, 0.1) is 6.61 Å². The third-order valence-electron chi connectivity index (χ3n) is 4.31. The zero-order valence-corrected chi connectivity index (χ0v) is 14.5. The summed E-state index contributed by atoms with van der Waals surface area (Å²) in [5.74, 6) is 1.27. The Bertz CT molecular complexity index is 704. The molecule has 0 atom stereocenters. The fourth-order valence-corrected chi connectivity index (χ4v) is 2.98. The normalized spacial score (nSPS) is 13.5. The summed E-state index contributed by atoms with van der Waals surface area (Å²) in [6, 6.07) is 13.6. The SMILES string of the molecule is CC(C)COc1ccc(NC(=O)c2ccc3c(c2)CCCC3)cc1. The van der Waals surface area contributed by atoms with Gasteiger partial charge < -0.3 is 10.1 Å². The average molecular weight is 323 g/mol. The van der Waals surface area contributed by atoms with Gasteiger partial charge >= 0.3 is 0 Å². The lowest BCUT2D eigenvalue weighted by Crippen LogP contribution is -2.13. The summed E-state index contributed by atoms with van der Waals surface area (Å²) in [5, 5.41) is 2.96. The molecule has 0 aromatic heterocycles. The van der Waals surface area contributed by atoms with Gasteiger partial charge in [0.15, 0.2) is 0 Å². The van der Waals surface area contributed by atoms with Crippen molar-refractivity contribution in [3.8, 4) is 5.75 Å². The van der Waals surface area contributed by atoms with E-state index >= 15 is 0 Å². The average Bonchev–Trinajstić information content (AvgIpc) is 2.60. The number of amides is 1. The molecule has 2 aromatic rings. The van der Waals surface area contributed by atoms with Crippen LogP contribution in [0.2, 0.25) is 0 Å². The summed E-state index contributed by atoms with van der Waals surface area (Å²) >= 11 is 0.